The Bertz CT molecular complexity index is 1190. The van der Waals surface area contributed by atoms with Crippen molar-refractivity contribution < 1.29 is 14.2 Å². The van der Waals surface area contributed by atoms with Gasteiger partial charge in [0.25, 0.3) is 0 Å². The van der Waals surface area contributed by atoms with E-state index >= 15 is 0 Å². The number of aryl methyl sites for hydroxylation is 2. The lowest BCUT2D eigenvalue weighted by molar-refractivity contribution is 0.198. The molecular weight excluding hydrogens is 427 g/mol. The lowest BCUT2D eigenvalue weighted by atomic mass is 9.79. The van der Waals surface area contributed by atoms with E-state index in [1.807, 2.05) is 36.7 Å². The molecule has 1 aromatic heterocycles. The third kappa shape index (κ3) is 4.71. The van der Waals surface area contributed by atoms with E-state index in [0.29, 0.717) is 6.42 Å². The minimum absolute atomic E-state index is 0.145. The molecular formula is C29H31FN2O2. The van der Waals surface area contributed by atoms with Crippen LogP contribution in [0.3, 0.4) is 0 Å². The van der Waals surface area contributed by atoms with E-state index in [2.05, 4.69) is 35.0 Å². The molecule has 2 aromatic carbocycles. The van der Waals surface area contributed by atoms with Crippen LogP contribution in [-0.4, -0.2) is 47.4 Å². The van der Waals surface area contributed by atoms with Crippen LogP contribution >= 0.6 is 0 Å². The number of rotatable bonds is 7. The molecule has 0 amide bonds. The molecule has 0 unspecified atom stereocenters. The maximum absolute atomic E-state index is 12.5. The first kappa shape index (κ1) is 22.6. The van der Waals surface area contributed by atoms with E-state index < -0.39 is 0 Å². The minimum Gasteiger partial charge on any atom is -0.508 e. The van der Waals surface area contributed by atoms with Crippen molar-refractivity contribution in [2.75, 3.05) is 26.3 Å². The Morgan fingerprint density at radius 2 is 1.94 bits per heavy atom. The first-order valence-corrected chi connectivity index (χ1v) is 12.1. The van der Waals surface area contributed by atoms with Crippen LogP contribution in [0.15, 0.2) is 60.9 Å². The van der Waals surface area contributed by atoms with Gasteiger partial charge < -0.3 is 9.84 Å². The first-order valence-electron chi connectivity index (χ1n) is 12.1. The Labute approximate surface area is 200 Å². The highest BCUT2D eigenvalue weighted by molar-refractivity contribution is 6.01. The van der Waals surface area contributed by atoms with Crippen LogP contribution in [0.5, 0.6) is 11.5 Å². The summed E-state index contributed by atoms with van der Waals surface area (Å²) in [5.41, 5.74) is 8.26. The minimum atomic E-state index is -0.263. The van der Waals surface area contributed by atoms with Gasteiger partial charge in [-0.05, 0) is 102 Å². The number of aromatic nitrogens is 1. The smallest absolute Gasteiger partial charge is 0.119 e. The number of phenols is 1. The van der Waals surface area contributed by atoms with Gasteiger partial charge in [-0.25, -0.2) is 0 Å². The zero-order valence-electron chi connectivity index (χ0n) is 19.6. The zero-order chi connectivity index (χ0) is 23.5. The molecule has 3 aromatic rings. The molecule has 1 saturated heterocycles. The maximum atomic E-state index is 12.5. The van der Waals surface area contributed by atoms with Crippen molar-refractivity contribution in [3.05, 3.63) is 88.7 Å². The van der Waals surface area contributed by atoms with E-state index in [0.717, 1.165) is 66.9 Å². The second-order valence-corrected chi connectivity index (χ2v) is 9.28. The Morgan fingerprint density at radius 3 is 2.74 bits per heavy atom. The van der Waals surface area contributed by atoms with Gasteiger partial charge in [0.1, 0.15) is 17.6 Å². The molecule has 1 N–H and O–H groups in total. The van der Waals surface area contributed by atoms with Gasteiger partial charge in [-0.1, -0.05) is 18.2 Å². The molecule has 4 nitrogen and oxygen atoms in total. The molecule has 0 spiro atoms. The summed E-state index contributed by atoms with van der Waals surface area (Å²) < 4.78 is 18.7. The predicted molar refractivity (Wildman–Crippen MR) is 134 cm³/mol. The Balaban J connectivity index is 1.45. The van der Waals surface area contributed by atoms with Gasteiger partial charge in [-0.2, -0.15) is 0 Å². The standard InChI is InChI=1S/C29H31FN2O2/c1-20-18-31-14-11-26(20)27-10-6-21-3-7-23(33)17-28(21)29(27)22-4-8-24(9-5-22)34-25-12-16-32(19-25)15-2-13-30/h3-5,7-9,11,14,17-18,25,33H,2,6,10,12-13,15-16,19H2,1H3/t25-/m0/s1. The number of likely N-dealkylation sites (tertiary alicyclic amines) is 1. The first-order chi connectivity index (χ1) is 16.6. The summed E-state index contributed by atoms with van der Waals surface area (Å²) in [4.78, 5) is 6.55. The third-order valence-electron chi connectivity index (χ3n) is 6.94. The number of fused-ring (bicyclic) bond motifs is 1. The number of aromatic hydroxyl groups is 1. The molecule has 34 heavy (non-hydrogen) atoms. The molecule has 1 fully saturated rings. The quantitative estimate of drug-likeness (QED) is 0.485. The number of ether oxygens (including phenoxy) is 1. The third-order valence-corrected chi connectivity index (χ3v) is 6.94. The number of halogens is 1. The second-order valence-electron chi connectivity index (χ2n) is 9.28. The summed E-state index contributed by atoms with van der Waals surface area (Å²) in [7, 11) is 0. The fraction of sp³-hybridized carbons (Fsp3) is 0.345. The number of hydrogen-bond acceptors (Lipinski definition) is 4. The van der Waals surface area contributed by atoms with Crippen LogP contribution < -0.4 is 4.74 Å². The Kier molecular flexibility index (Phi) is 6.63. The maximum Gasteiger partial charge on any atom is 0.119 e. The summed E-state index contributed by atoms with van der Waals surface area (Å²) in [5.74, 6) is 1.14. The monoisotopic (exact) mass is 458 g/mol. The highest BCUT2D eigenvalue weighted by Crippen LogP contribution is 2.42. The number of benzene rings is 2. The van der Waals surface area contributed by atoms with Crippen molar-refractivity contribution in [1.29, 1.82) is 0 Å². The number of pyridine rings is 1. The Hall–Kier alpha value is -3.18. The Morgan fingerprint density at radius 1 is 1.09 bits per heavy atom. The van der Waals surface area contributed by atoms with Crippen LogP contribution in [-0.2, 0) is 6.42 Å². The second kappa shape index (κ2) is 9.98. The van der Waals surface area contributed by atoms with Gasteiger partial charge in [-0.3, -0.25) is 14.3 Å². The average Bonchev–Trinajstić information content (AvgIpc) is 3.30. The highest BCUT2D eigenvalue weighted by Gasteiger charge is 2.25. The molecule has 176 valence electrons. The molecule has 1 atom stereocenters. The van der Waals surface area contributed by atoms with Crippen LogP contribution in [0.4, 0.5) is 4.39 Å². The van der Waals surface area contributed by atoms with Gasteiger partial charge >= 0.3 is 0 Å². The number of allylic oxidation sites excluding steroid dienone is 1. The van der Waals surface area contributed by atoms with Crippen LogP contribution in [0.2, 0.25) is 0 Å². The molecule has 0 radical (unpaired) electrons. The fourth-order valence-electron chi connectivity index (χ4n) is 5.25. The van der Waals surface area contributed by atoms with Crippen molar-refractivity contribution in [2.24, 2.45) is 0 Å². The molecule has 1 aliphatic carbocycles. The van der Waals surface area contributed by atoms with Crippen molar-refractivity contribution in [3.63, 3.8) is 0 Å². The van der Waals surface area contributed by atoms with Crippen molar-refractivity contribution in [1.82, 2.24) is 9.88 Å². The van der Waals surface area contributed by atoms with Crippen LogP contribution in [0.25, 0.3) is 11.1 Å². The van der Waals surface area contributed by atoms with Gasteiger partial charge in [0.05, 0.1) is 6.67 Å². The lowest BCUT2D eigenvalue weighted by Gasteiger charge is -2.25. The highest BCUT2D eigenvalue weighted by atomic mass is 19.1. The number of phenolic OH excluding ortho intramolecular Hbond substituents is 1. The fourth-order valence-corrected chi connectivity index (χ4v) is 5.25. The van der Waals surface area contributed by atoms with E-state index in [1.54, 1.807) is 6.07 Å². The van der Waals surface area contributed by atoms with Gasteiger partial charge in [-0.15, -0.1) is 0 Å². The van der Waals surface area contributed by atoms with E-state index in [9.17, 15) is 9.50 Å². The number of nitrogens with zero attached hydrogens (tertiary/aromatic N) is 2. The summed E-state index contributed by atoms with van der Waals surface area (Å²) in [6, 6.07) is 16.1. The average molecular weight is 459 g/mol. The van der Waals surface area contributed by atoms with E-state index in [4.69, 9.17) is 4.74 Å². The largest absolute Gasteiger partial charge is 0.508 e. The van der Waals surface area contributed by atoms with E-state index in [-0.39, 0.29) is 18.5 Å². The normalized spacial score (nSPS) is 18.2. The van der Waals surface area contributed by atoms with Gasteiger partial charge in [0.2, 0.25) is 0 Å². The SMILES string of the molecule is Cc1cnccc1C1=C(c2ccc(O[C@H]3CCN(CCCF)C3)cc2)c2cc(O)ccc2CC1. The summed E-state index contributed by atoms with van der Waals surface area (Å²) >= 11 is 0. The molecule has 0 bridgehead atoms. The molecule has 5 heteroatoms. The zero-order valence-corrected chi connectivity index (χ0v) is 19.6. The van der Waals surface area contributed by atoms with Crippen LogP contribution in [0.1, 0.15) is 47.1 Å². The molecule has 2 heterocycles. The topological polar surface area (TPSA) is 45.6 Å². The molecule has 0 saturated carbocycles. The van der Waals surface area contributed by atoms with E-state index in [1.165, 1.54) is 16.7 Å². The van der Waals surface area contributed by atoms with Crippen molar-refractivity contribution in [2.45, 2.75) is 38.7 Å². The summed E-state index contributed by atoms with van der Waals surface area (Å²) in [5, 5.41) is 10.3. The lowest BCUT2D eigenvalue weighted by Crippen LogP contribution is -2.26. The van der Waals surface area contributed by atoms with Crippen molar-refractivity contribution >= 4 is 11.1 Å². The summed E-state index contributed by atoms with van der Waals surface area (Å²) in [6.45, 7) is 4.45. The van der Waals surface area contributed by atoms with Gasteiger partial charge in [0.15, 0.2) is 0 Å². The number of alkyl halides is 1. The number of hydrogen-bond donors (Lipinski definition) is 1. The molecule has 5 rings (SSSR count). The summed E-state index contributed by atoms with van der Waals surface area (Å²) in [6.07, 6.45) is 7.34. The van der Waals surface area contributed by atoms with Crippen LogP contribution in [0, 0.1) is 6.92 Å². The molecule has 2 aliphatic rings. The van der Waals surface area contributed by atoms with Crippen molar-refractivity contribution in [3.8, 4) is 11.5 Å². The van der Waals surface area contributed by atoms with Gasteiger partial charge in [0, 0.05) is 32.0 Å². The molecule has 1 aliphatic heterocycles. The predicted octanol–water partition coefficient (Wildman–Crippen LogP) is 5.81.